The summed E-state index contributed by atoms with van der Waals surface area (Å²) in [5.74, 6) is 1.28. The molecule has 19 heavy (non-hydrogen) atoms. The molecule has 98 valence electrons. The van der Waals surface area contributed by atoms with Gasteiger partial charge in [0.25, 0.3) is 0 Å². The fraction of sp³-hybridized carbons (Fsp3) is 0.267. The van der Waals surface area contributed by atoms with Gasteiger partial charge in [0.2, 0.25) is 0 Å². The van der Waals surface area contributed by atoms with Crippen LogP contribution in [0.2, 0.25) is 0 Å². The molecule has 1 aromatic heterocycles. The van der Waals surface area contributed by atoms with Crippen LogP contribution >= 0.6 is 0 Å². The number of benzene rings is 1. The Morgan fingerprint density at radius 2 is 2.05 bits per heavy atom. The molecule has 0 aliphatic carbocycles. The lowest BCUT2D eigenvalue weighted by atomic mass is 10.1. The summed E-state index contributed by atoms with van der Waals surface area (Å²) in [6, 6.07) is 8.07. The molecule has 1 atom stereocenters. The molecule has 1 N–H and O–H groups in total. The summed E-state index contributed by atoms with van der Waals surface area (Å²) >= 11 is 0. The lowest BCUT2D eigenvalue weighted by molar-refractivity contribution is 0.500. The van der Waals surface area contributed by atoms with Gasteiger partial charge >= 0.3 is 0 Å². The Morgan fingerprint density at radius 3 is 2.63 bits per heavy atom. The first-order chi connectivity index (χ1) is 9.01. The second-order valence-electron chi connectivity index (χ2n) is 4.54. The second-order valence-corrected chi connectivity index (χ2v) is 4.54. The van der Waals surface area contributed by atoms with E-state index in [0.29, 0.717) is 11.3 Å². The summed E-state index contributed by atoms with van der Waals surface area (Å²) in [5.41, 5.74) is 1.95. The van der Waals surface area contributed by atoms with E-state index in [1.807, 2.05) is 32.9 Å². The Hall–Kier alpha value is -2.28. The Labute approximate surface area is 111 Å². The third-order valence-corrected chi connectivity index (χ3v) is 3.02. The number of hydrogen-bond donors (Lipinski definition) is 1. The molecule has 3 nitrogen and oxygen atoms in total. The molecular weight excluding hydrogens is 243 g/mol. The van der Waals surface area contributed by atoms with Crippen molar-refractivity contribution in [3.05, 3.63) is 52.7 Å². The SMILES string of the molecule is Cc1cc(C(C)Nc2ccc(F)cc2C#N)c(C)o1. The van der Waals surface area contributed by atoms with Gasteiger partial charge < -0.3 is 9.73 Å². The largest absolute Gasteiger partial charge is 0.466 e. The van der Waals surface area contributed by atoms with Crippen LogP contribution < -0.4 is 5.32 Å². The van der Waals surface area contributed by atoms with Crippen molar-refractivity contribution in [2.45, 2.75) is 26.8 Å². The van der Waals surface area contributed by atoms with Gasteiger partial charge in [0.15, 0.2) is 0 Å². The second kappa shape index (κ2) is 5.15. The van der Waals surface area contributed by atoms with E-state index in [4.69, 9.17) is 9.68 Å². The predicted molar refractivity (Wildman–Crippen MR) is 71.3 cm³/mol. The summed E-state index contributed by atoms with van der Waals surface area (Å²) in [4.78, 5) is 0. The average molecular weight is 258 g/mol. The molecule has 0 saturated carbocycles. The van der Waals surface area contributed by atoms with Crippen LogP contribution in [0.15, 0.2) is 28.7 Å². The molecule has 0 bridgehead atoms. The van der Waals surface area contributed by atoms with Crippen molar-refractivity contribution in [2.24, 2.45) is 0 Å². The highest BCUT2D eigenvalue weighted by molar-refractivity contribution is 5.58. The number of nitriles is 1. The fourth-order valence-electron chi connectivity index (χ4n) is 2.13. The van der Waals surface area contributed by atoms with E-state index < -0.39 is 5.82 Å². The van der Waals surface area contributed by atoms with Crippen LogP contribution in [0.5, 0.6) is 0 Å². The minimum Gasteiger partial charge on any atom is -0.466 e. The van der Waals surface area contributed by atoms with Gasteiger partial charge in [-0.2, -0.15) is 5.26 Å². The van der Waals surface area contributed by atoms with Gasteiger partial charge in [0.1, 0.15) is 23.4 Å². The zero-order chi connectivity index (χ0) is 14.0. The summed E-state index contributed by atoms with van der Waals surface area (Å²) < 4.78 is 18.6. The highest BCUT2D eigenvalue weighted by Crippen LogP contribution is 2.26. The quantitative estimate of drug-likeness (QED) is 0.902. The van der Waals surface area contributed by atoms with Crippen molar-refractivity contribution in [1.82, 2.24) is 0 Å². The van der Waals surface area contributed by atoms with Crippen LogP contribution in [-0.4, -0.2) is 0 Å². The monoisotopic (exact) mass is 258 g/mol. The van der Waals surface area contributed by atoms with E-state index in [0.717, 1.165) is 17.1 Å². The standard InChI is InChI=1S/C15H15FN2O/c1-9-6-14(11(3)19-9)10(2)18-15-5-4-13(16)7-12(15)8-17/h4-7,10,18H,1-3H3. The molecule has 2 aromatic rings. The summed E-state index contributed by atoms with van der Waals surface area (Å²) in [5, 5.41) is 12.2. The lowest BCUT2D eigenvalue weighted by Crippen LogP contribution is -2.08. The van der Waals surface area contributed by atoms with E-state index in [-0.39, 0.29) is 6.04 Å². The average Bonchev–Trinajstić information content (AvgIpc) is 2.70. The molecule has 1 aromatic carbocycles. The Morgan fingerprint density at radius 1 is 1.32 bits per heavy atom. The first-order valence-corrected chi connectivity index (χ1v) is 6.04. The minimum atomic E-state index is -0.412. The first-order valence-electron chi connectivity index (χ1n) is 6.04. The third-order valence-electron chi connectivity index (χ3n) is 3.02. The molecule has 1 heterocycles. The zero-order valence-electron chi connectivity index (χ0n) is 11.1. The molecule has 0 fully saturated rings. The molecule has 4 heteroatoms. The Bertz CT molecular complexity index is 640. The van der Waals surface area contributed by atoms with E-state index in [9.17, 15) is 4.39 Å². The number of furan rings is 1. The number of anilines is 1. The van der Waals surface area contributed by atoms with Gasteiger partial charge in [-0.1, -0.05) is 0 Å². The maximum absolute atomic E-state index is 13.1. The van der Waals surface area contributed by atoms with Crippen molar-refractivity contribution in [3.8, 4) is 6.07 Å². The smallest absolute Gasteiger partial charge is 0.124 e. The van der Waals surface area contributed by atoms with Crippen LogP contribution in [0, 0.1) is 31.0 Å². The van der Waals surface area contributed by atoms with Crippen LogP contribution in [0.25, 0.3) is 0 Å². The van der Waals surface area contributed by atoms with Crippen molar-refractivity contribution in [1.29, 1.82) is 5.26 Å². The van der Waals surface area contributed by atoms with Crippen molar-refractivity contribution < 1.29 is 8.81 Å². The summed E-state index contributed by atoms with van der Waals surface area (Å²) in [6.45, 7) is 5.76. The number of nitrogens with zero attached hydrogens (tertiary/aromatic N) is 1. The number of aryl methyl sites for hydroxylation is 2. The molecular formula is C15H15FN2O. The van der Waals surface area contributed by atoms with E-state index in [2.05, 4.69) is 5.32 Å². The first kappa shape index (κ1) is 13.2. The van der Waals surface area contributed by atoms with Gasteiger partial charge in [-0.25, -0.2) is 4.39 Å². The number of halogens is 1. The minimum absolute atomic E-state index is 0.0185. The molecule has 0 saturated heterocycles. The fourth-order valence-corrected chi connectivity index (χ4v) is 2.13. The van der Waals surface area contributed by atoms with Gasteiger partial charge in [-0.3, -0.25) is 0 Å². The van der Waals surface area contributed by atoms with Gasteiger partial charge in [-0.05, 0) is 45.0 Å². The Kier molecular flexibility index (Phi) is 3.57. The van der Waals surface area contributed by atoms with Crippen molar-refractivity contribution in [2.75, 3.05) is 5.32 Å². The highest BCUT2D eigenvalue weighted by atomic mass is 19.1. The van der Waals surface area contributed by atoms with E-state index in [1.54, 1.807) is 6.07 Å². The molecule has 0 aliphatic rings. The molecule has 0 aliphatic heterocycles. The molecule has 2 rings (SSSR count). The molecule has 0 radical (unpaired) electrons. The van der Waals surface area contributed by atoms with Crippen LogP contribution in [-0.2, 0) is 0 Å². The van der Waals surface area contributed by atoms with Crippen molar-refractivity contribution >= 4 is 5.69 Å². The lowest BCUT2D eigenvalue weighted by Gasteiger charge is -2.15. The number of hydrogen-bond acceptors (Lipinski definition) is 3. The number of nitrogens with one attached hydrogen (secondary N) is 1. The maximum Gasteiger partial charge on any atom is 0.124 e. The molecule has 0 amide bonds. The summed E-state index contributed by atoms with van der Waals surface area (Å²) in [7, 11) is 0. The number of rotatable bonds is 3. The summed E-state index contributed by atoms with van der Waals surface area (Å²) in [6.07, 6.45) is 0. The zero-order valence-corrected chi connectivity index (χ0v) is 11.1. The molecule has 0 spiro atoms. The Balaban J connectivity index is 2.27. The van der Waals surface area contributed by atoms with E-state index in [1.165, 1.54) is 12.1 Å². The highest BCUT2D eigenvalue weighted by Gasteiger charge is 2.14. The van der Waals surface area contributed by atoms with E-state index >= 15 is 0 Å². The van der Waals surface area contributed by atoms with Gasteiger partial charge in [-0.15, -0.1) is 0 Å². The van der Waals surface area contributed by atoms with Crippen LogP contribution in [0.3, 0.4) is 0 Å². The van der Waals surface area contributed by atoms with Crippen molar-refractivity contribution in [3.63, 3.8) is 0 Å². The van der Waals surface area contributed by atoms with Crippen LogP contribution in [0.1, 0.15) is 35.6 Å². The maximum atomic E-state index is 13.1. The topological polar surface area (TPSA) is 49.0 Å². The van der Waals surface area contributed by atoms with Gasteiger partial charge in [0.05, 0.1) is 17.3 Å². The molecule has 1 unspecified atom stereocenters. The van der Waals surface area contributed by atoms with Crippen LogP contribution in [0.4, 0.5) is 10.1 Å². The predicted octanol–water partition coefficient (Wildman–Crippen LogP) is 4.08. The third kappa shape index (κ3) is 2.76. The normalized spacial score (nSPS) is 11.9. The van der Waals surface area contributed by atoms with Gasteiger partial charge in [0, 0.05) is 5.56 Å².